The van der Waals surface area contributed by atoms with Crippen molar-refractivity contribution < 1.29 is 14.3 Å². The van der Waals surface area contributed by atoms with Gasteiger partial charge in [0.25, 0.3) is 5.91 Å². The van der Waals surface area contributed by atoms with Crippen LogP contribution >= 0.6 is 11.3 Å². The fourth-order valence-electron chi connectivity index (χ4n) is 3.97. The molecule has 3 N–H and O–H groups in total. The number of hydrogen-bond acceptors (Lipinski definition) is 7. The summed E-state index contributed by atoms with van der Waals surface area (Å²) < 4.78 is 15.2. The highest BCUT2D eigenvalue weighted by atomic mass is 32.1. The molecule has 1 aliphatic carbocycles. The molecule has 1 saturated carbocycles. The predicted octanol–water partition coefficient (Wildman–Crippen LogP) is 0.975. The zero-order chi connectivity index (χ0) is 23.4. The van der Waals surface area contributed by atoms with Crippen LogP contribution in [0, 0.1) is 0 Å². The number of H-pyrrole nitrogens is 2. The third-order valence-corrected chi connectivity index (χ3v) is 6.96. The number of carbonyl (C=O) groups excluding carboxylic acids is 1. The van der Waals surface area contributed by atoms with Crippen molar-refractivity contribution in [2.45, 2.75) is 31.5 Å². The van der Waals surface area contributed by atoms with Gasteiger partial charge in [0.05, 0.1) is 34.2 Å². The molecule has 6 rings (SSSR count). The lowest BCUT2D eigenvalue weighted by Crippen LogP contribution is -2.28. The number of carbonyl (C=O) groups is 1. The number of aromatic hydroxyl groups is 1. The number of amides is 1. The summed E-state index contributed by atoms with van der Waals surface area (Å²) >= 11 is 1.30. The lowest BCUT2D eigenvalue weighted by Gasteiger charge is -2.13. The number of likely N-dealkylation sites (tertiary alicyclic amines) is 1. The molecule has 4 aromatic rings. The molecule has 2 aliphatic rings. The molecule has 1 atom stereocenters. The van der Waals surface area contributed by atoms with Gasteiger partial charge in [0, 0.05) is 17.8 Å². The van der Waals surface area contributed by atoms with Crippen molar-refractivity contribution >= 4 is 29.0 Å². The van der Waals surface area contributed by atoms with Crippen LogP contribution in [-0.2, 0) is 0 Å². The number of aromatic amines is 2. The van der Waals surface area contributed by atoms with Gasteiger partial charge < -0.3 is 15.0 Å². The Labute approximate surface area is 195 Å². The smallest absolute Gasteiger partial charge is 0.326 e. The summed E-state index contributed by atoms with van der Waals surface area (Å²) in [5, 5.41) is 14.9. The molecule has 0 aromatic carbocycles. The molecule has 0 spiro atoms. The Bertz CT molecular complexity index is 1600. The average Bonchev–Trinajstić information content (AvgIpc) is 3.18. The first-order valence-electron chi connectivity index (χ1n) is 10.9. The van der Waals surface area contributed by atoms with Crippen LogP contribution in [0.5, 0.6) is 5.88 Å². The van der Waals surface area contributed by atoms with Crippen LogP contribution in [-0.4, -0.2) is 65.8 Å². The second-order valence-corrected chi connectivity index (χ2v) is 9.57. The minimum absolute atomic E-state index is 0.129. The van der Waals surface area contributed by atoms with Crippen molar-refractivity contribution in [1.29, 1.82) is 0 Å². The van der Waals surface area contributed by atoms with E-state index in [2.05, 4.69) is 15.1 Å². The van der Waals surface area contributed by atoms with Crippen molar-refractivity contribution in [2.75, 3.05) is 13.1 Å². The third kappa shape index (κ3) is 3.79. The Balaban J connectivity index is 1.46. The minimum atomic E-state index is -0.968. The van der Waals surface area contributed by atoms with E-state index in [9.17, 15) is 19.1 Å². The maximum absolute atomic E-state index is 13.6. The average molecular weight is 482 g/mol. The van der Waals surface area contributed by atoms with E-state index in [0.717, 1.165) is 17.7 Å². The Hall–Kier alpha value is -3.80. The number of hydrogen-bond donors (Lipinski definition) is 3. The largest absolute Gasteiger partial charge is 0.493 e. The summed E-state index contributed by atoms with van der Waals surface area (Å²) in [6.07, 6.45) is 4.60. The number of halogens is 1. The predicted molar refractivity (Wildman–Crippen MR) is 122 cm³/mol. The van der Waals surface area contributed by atoms with Crippen LogP contribution in [0.3, 0.4) is 0 Å². The second kappa shape index (κ2) is 7.90. The molecule has 1 amide bonds. The highest BCUT2D eigenvalue weighted by Gasteiger charge is 2.27. The van der Waals surface area contributed by atoms with E-state index >= 15 is 0 Å². The van der Waals surface area contributed by atoms with E-state index < -0.39 is 11.9 Å². The molecule has 2 fully saturated rings. The molecule has 10 nitrogen and oxygen atoms in total. The highest BCUT2D eigenvalue weighted by Crippen LogP contribution is 2.28. The molecule has 1 aliphatic heterocycles. The van der Waals surface area contributed by atoms with Gasteiger partial charge in [-0.2, -0.15) is 9.61 Å². The van der Waals surface area contributed by atoms with Gasteiger partial charge >= 0.3 is 5.69 Å². The zero-order valence-electron chi connectivity index (χ0n) is 17.9. The number of rotatable bonds is 4. The van der Waals surface area contributed by atoms with Gasteiger partial charge in [0.15, 0.2) is 11.1 Å². The summed E-state index contributed by atoms with van der Waals surface area (Å²) in [5.41, 5.74) is 1.46. The van der Waals surface area contributed by atoms with Crippen molar-refractivity contribution in [3.63, 3.8) is 0 Å². The molecule has 5 heterocycles. The molecule has 4 aromatic heterocycles. The van der Waals surface area contributed by atoms with Crippen molar-refractivity contribution in [3.05, 3.63) is 56.2 Å². The highest BCUT2D eigenvalue weighted by molar-refractivity contribution is 7.17. The summed E-state index contributed by atoms with van der Waals surface area (Å²) in [7, 11) is 0. The van der Waals surface area contributed by atoms with Crippen molar-refractivity contribution in [1.82, 2.24) is 29.5 Å². The third-order valence-electron chi connectivity index (χ3n) is 5.86. The summed E-state index contributed by atoms with van der Waals surface area (Å²) in [6.45, 7) is 0.550. The number of alkyl halides is 1. The topological polar surface area (TPSA) is 132 Å². The van der Waals surface area contributed by atoms with Crippen molar-refractivity contribution in [2.24, 2.45) is 4.99 Å². The molecule has 1 saturated heterocycles. The van der Waals surface area contributed by atoms with Crippen LogP contribution in [0.25, 0.3) is 22.3 Å². The zero-order valence-corrected chi connectivity index (χ0v) is 18.7. The van der Waals surface area contributed by atoms with Gasteiger partial charge in [-0.1, -0.05) is 0 Å². The summed E-state index contributed by atoms with van der Waals surface area (Å²) in [4.78, 5) is 41.4. The second-order valence-electron chi connectivity index (χ2n) is 8.48. The quantitative estimate of drug-likeness (QED) is 0.400. The molecular formula is C22H20FN7O3S. The van der Waals surface area contributed by atoms with Crippen LogP contribution < -0.4 is 16.4 Å². The first-order valence-corrected chi connectivity index (χ1v) is 11.8. The van der Waals surface area contributed by atoms with E-state index in [4.69, 9.17) is 9.98 Å². The summed E-state index contributed by atoms with van der Waals surface area (Å²) in [5.74, 6) is -0.451. The molecule has 174 valence electrons. The molecule has 0 unspecified atom stereocenters. The van der Waals surface area contributed by atoms with E-state index in [-0.39, 0.29) is 30.1 Å². The maximum Gasteiger partial charge on any atom is 0.326 e. The lowest BCUT2D eigenvalue weighted by atomic mass is 10.3. The monoisotopic (exact) mass is 481 g/mol. The van der Waals surface area contributed by atoms with Crippen LogP contribution in [0.4, 0.5) is 4.39 Å². The van der Waals surface area contributed by atoms with Gasteiger partial charge in [-0.3, -0.25) is 14.8 Å². The van der Waals surface area contributed by atoms with Crippen LogP contribution in [0.2, 0.25) is 0 Å². The number of thiophene rings is 1. The van der Waals surface area contributed by atoms with Crippen LogP contribution in [0.15, 0.2) is 34.2 Å². The number of nitrogens with zero attached hydrogens (tertiary/aromatic N) is 5. The Morgan fingerprint density at radius 3 is 2.85 bits per heavy atom. The Morgan fingerprint density at radius 2 is 2.15 bits per heavy atom. The van der Waals surface area contributed by atoms with E-state index in [1.165, 1.54) is 11.3 Å². The molecular weight excluding hydrogens is 461 g/mol. The molecule has 34 heavy (non-hydrogen) atoms. The van der Waals surface area contributed by atoms with Gasteiger partial charge in [-0.05, 0) is 37.5 Å². The van der Waals surface area contributed by atoms with Crippen molar-refractivity contribution in [3.8, 4) is 16.5 Å². The van der Waals surface area contributed by atoms with Gasteiger partial charge in [-0.25, -0.2) is 14.2 Å². The number of aromatic nitrogens is 5. The number of fused-ring (bicyclic) bond motifs is 1. The molecule has 12 heteroatoms. The number of nitrogens with one attached hydrogen (secondary N) is 2. The minimum Gasteiger partial charge on any atom is -0.493 e. The molecule has 0 bridgehead atoms. The lowest BCUT2D eigenvalue weighted by molar-refractivity contribution is 0.0787. The standard InChI is InChI=1S/C22H20FN7O3S/c23-12-5-6-29(10-12)21(32)17-4-3-16(34-17)14-8-18(25-13-1-2-13)30-19(26-14)11(9-24-30)7-15-20(31)28-22(33)27-15/h3-4,7-9,12-13,31H,1-2,5-6,10H2,(H2,27,28,33)/t12-/m1/s1. The van der Waals surface area contributed by atoms with E-state index in [0.29, 0.717) is 39.9 Å². The van der Waals surface area contributed by atoms with Gasteiger partial charge in [0.2, 0.25) is 5.88 Å². The maximum atomic E-state index is 13.6. The fourth-order valence-corrected chi connectivity index (χ4v) is 4.91. The van der Waals surface area contributed by atoms with E-state index in [1.54, 1.807) is 27.8 Å². The Kier molecular flexibility index (Phi) is 4.83. The van der Waals surface area contributed by atoms with Gasteiger partial charge in [0.1, 0.15) is 11.9 Å². The first kappa shape index (κ1) is 20.8. The van der Waals surface area contributed by atoms with Crippen LogP contribution in [0.1, 0.15) is 34.6 Å². The SMILES string of the molecule is O=C(c1ccc(-c2cc(=NC3CC3)n3ncc(=Cc4[nH]c(=O)[nH]c4O)c3n2)s1)N1CC[C@@H](F)C1. The molecule has 0 radical (unpaired) electrons. The first-order chi connectivity index (χ1) is 16.4. The van der Waals surface area contributed by atoms with E-state index in [1.807, 2.05) is 12.1 Å². The van der Waals surface area contributed by atoms with Gasteiger partial charge in [-0.15, -0.1) is 11.3 Å². The summed E-state index contributed by atoms with van der Waals surface area (Å²) in [6, 6.07) is 5.65. The Morgan fingerprint density at radius 1 is 1.29 bits per heavy atom. The number of imidazole rings is 1. The normalized spacial score (nSPS) is 19.6. The fraction of sp³-hybridized carbons (Fsp3) is 0.318.